The smallest absolute Gasteiger partial charge is 0.274 e. The zero-order valence-corrected chi connectivity index (χ0v) is 16.6. The first-order chi connectivity index (χ1) is 13.3. The van der Waals surface area contributed by atoms with Gasteiger partial charge >= 0.3 is 0 Å². The molecule has 1 amide bonds. The molecule has 1 fully saturated rings. The van der Waals surface area contributed by atoms with Crippen molar-refractivity contribution < 1.29 is 9.18 Å². The third kappa shape index (κ3) is 4.65. The number of hydrogen-bond acceptors (Lipinski definition) is 4. The summed E-state index contributed by atoms with van der Waals surface area (Å²) in [4.78, 5) is 28.7. The average molecular weight is 386 g/mol. The monoisotopic (exact) mass is 386 g/mol. The number of halogens is 1. The molecular formula is C21H27FN4O2. The predicted octanol–water partition coefficient (Wildman–Crippen LogP) is 2.29. The molecule has 6 nitrogen and oxygen atoms in total. The lowest BCUT2D eigenvalue weighted by Crippen LogP contribution is -2.45. The van der Waals surface area contributed by atoms with Gasteiger partial charge in [-0.1, -0.05) is 26.0 Å². The van der Waals surface area contributed by atoms with Crippen LogP contribution in [0.25, 0.3) is 0 Å². The van der Waals surface area contributed by atoms with Crippen LogP contribution in [0.1, 0.15) is 36.3 Å². The molecule has 1 unspecified atom stereocenters. The molecule has 0 saturated carbocycles. The van der Waals surface area contributed by atoms with Crippen LogP contribution < -0.4 is 5.56 Å². The standard InChI is InChI=1S/C21H27FN4O2/c1-15(2)19-14-26(21(28)18-9-10-20(27)24(3)23-18)12-4-11-25(19)13-16-5-7-17(22)8-6-16/h5-10,15,19H,4,11-14H2,1-3H3. The maximum atomic E-state index is 13.2. The Bertz CT molecular complexity index is 879. The molecule has 1 aliphatic heterocycles. The van der Waals surface area contributed by atoms with Crippen LogP contribution in [-0.4, -0.2) is 51.2 Å². The normalized spacial score (nSPS) is 18.3. The fraction of sp³-hybridized carbons (Fsp3) is 0.476. The second kappa shape index (κ2) is 8.65. The minimum absolute atomic E-state index is 0.148. The van der Waals surface area contributed by atoms with Gasteiger partial charge in [-0.25, -0.2) is 9.07 Å². The lowest BCUT2D eigenvalue weighted by molar-refractivity contribution is 0.0694. The predicted molar refractivity (Wildman–Crippen MR) is 105 cm³/mol. The number of nitrogens with zero attached hydrogens (tertiary/aromatic N) is 4. The first-order valence-electron chi connectivity index (χ1n) is 9.67. The zero-order valence-electron chi connectivity index (χ0n) is 16.6. The molecule has 2 aromatic rings. The molecule has 0 aliphatic carbocycles. The third-order valence-corrected chi connectivity index (χ3v) is 5.29. The van der Waals surface area contributed by atoms with Crippen LogP contribution in [0.5, 0.6) is 0 Å². The van der Waals surface area contributed by atoms with E-state index in [2.05, 4.69) is 23.8 Å². The zero-order chi connectivity index (χ0) is 20.3. The van der Waals surface area contributed by atoms with Crippen molar-refractivity contribution >= 4 is 5.91 Å². The number of rotatable bonds is 4. The van der Waals surface area contributed by atoms with Crippen molar-refractivity contribution in [2.45, 2.75) is 32.9 Å². The molecule has 0 radical (unpaired) electrons. The van der Waals surface area contributed by atoms with Gasteiger partial charge in [0, 0.05) is 45.3 Å². The van der Waals surface area contributed by atoms with E-state index in [4.69, 9.17) is 0 Å². The van der Waals surface area contributed by atoms with Crippen LogP contribution in [0.3, 0.4) is 0 Å². The maximum Gasteiger partial charge on any atom is 0.274 e. The molecule has 1 saturated heterocycles. The topological polar surface area (TPSA) is 58.4 Å². The van der Waals surface area contributed by atoms with E-state index in [1.807, 2.05) is 17.0 Å². The highest BCUT2D eigenvalue weighted by Gasteiger charge is 2.30. The second-order valence-corrected chi connectivity index (χ2v) is 7.69. The lowest BCUT2D eigenvalue weighted by Gasteiger charge is -2.34. The van der Waals surface area contributed by atoms with Crippen molar-refractivity contribution in [2.75, 3.05) is 19.6 Å². The summed E-state index contributed by atoms with van der Waals surface area (Å²) in [6.07, 6.45) is 0.849. The molecule has 1 atom stereocenters. The molecule has 7 heteroatoms. The van der Waals surface area contributed by atoms with Gasteiger partial charge in [0.15, 0.2) is 0 Å². The first-order valence-corrected chi connectivity index (χ1v) is 9.67. The largest absolute Gasteiger partial charge is 0.336 e. The summed E-state index contributed by atoms with van der Waals surface area (Å²) in [7, 11) is 1.54. The molecule has 1 aromatic heterocycles. The fourth-order valence-corrected chi connectivity index (χ4v) is 3.68. The molecule has 0 N–H and O–H groups in total. The Kier molecular flexibility index (Phi) is 6.24. The minimum Gasteiger partial charge on any atom is -0.336 e. The SMILES string of the molecule is CC(C)C1CN(C(=O)c2ccc(=O)n(C)n2)CCCN1Cc1ccc(F)cc1. The van der Waals surface area contributed by atoms with E-state index < -0.39 is 0 Å². The highest BCUT2D eigenvalue weighted by molar-refractivity contribution is 5.92. The summed E-state index contributed by atoms with van der Waals surface area (Å²) >= 11 is 0. The number of amides is 1. The molecule has 1 aromatic carbocycles. The minimum atomic E-state index is -0.238. The van der Waals surface area contributed by atoms with Crippen LogP contribution in [0.2, 0.25) is 0 Å². The molecule has 0 bridgehead atoms. The van der Waals surface area contributed by atoms with Crippen molar-refractivity contribution in [1.29, 1.82) is 0 Å². The average Bonchev–Trinajstić information content (AvgIpc) is 2.88. The summed E-state index contributed by atoms with van der Waals surface area (Å²) in [6.45, 7) is 7.14. The van der Waals surface area contributed by atoms with Gasteiger partial charge in [-0.05, 0) is 36.1 Å². The number of aryl methyl sites for hydroxylation is 1. The summed E-state index contributed by atoms with van der Waals surface area (Å²) in [5.41, 5.74) is 1.11. The number of carbonyl (C=O) groups is 1. The lowest BCUT2D eigenvalue weighted by atomic mass is 10.0. The summed E-state index contributed by atoms with van der Waals surface area (Å²) in [5, 5.41) is 4.11. The van der Waals surface area contributed by atoms with Crippen molar-refractivity contribution in [3.05, 3.63) is 63.8 Å². The first kappa shape index (κ1) is 20.2. The number of hydrogen-bond donors (Lipinski definition) is 0. The van der Waals surface area contributed by atoms with Gasteiger partial charge in [-0.3, -0.25) is 14.5 Å². The Morgan fingerprint density at radius 2 is 1.89 bits per heavy atom. The Morgan fingerprint density at radius 3 is 2.54 bits per heavy atom. The van der Waals surface area contributed by atoms with Gasteiger partial charge in [0.05, 0.1) is 0 Å². The summed E-state index contributed by atoms with van der Waals surface area (Å²) in [5.74, 6) is -0.0339. The van der Waals surface area contributed by atoms with E-state index in [0.29, 0.717) is 19.0 Å². The third-order valence-electron chi connectivity index (χ3n) is 5.29. The Labute approximate surface area is 164 Å². The van der Waals surface area contributed by atoms with Crippen LogP contribution >= 0.6 is 0 Å². The van der Waals surface area contributed by atoms with E-state index in [0.717, 1.165) is 25.1 Å². The second-order valence-electron chi connectivity index (χ2n) is 7.69. The van der Waals surface area contributed by atoms with E-state index in [9.17, 15) is 14.0 Å². The Morgan fingerprint density at radius 1 is 1.18 bits per heavy atom. The van der Waals surface area contributed by atoms with Gasteiger partial charge < -0.3 is 4.90 Å². The molecule has 2 heterocycles. The maximum absolute atomic E-state index is 13.2. The highest BCUT2D eigenvalue weighted by atomic mass is 19.1. The van der Waals surface area contributed by atoms with Gasteiger partial charge in [0.25, 0.3) is 11.5 Å². The van der Waals surface area contributed by atoms with Crippen molar-refractivity contribution in [1.82, 2.24) is 19.6 Å². The highest BCUT2D eigenvalue weighted by Crippen LogP contribution is 2.21. The van der Waals surface area contributed by atoms with E-state index in [1.54, 1.807) is 7.05 Å². The van der Waals surface area contributed by atoms with Crippen LogP contribution in [-0.2, 0) is 13.6 Å². The summed E-state index contributed by atoms with van der Waals surface area (Å²) < 4.78 is 14.4. The summed E-state index contributed by atoms with van der Waals surface area (Å²) in [6, 6.07) is 9.65. The molecule has 150 valence electrons. The molecule has 3 rings (SSSR count). The van der Waals surface area contributed by atoms with Crippen molar-refractivity contribution in [3.8, 4) is 0 Å². The van der Waals surface area contributed by atoms with Gasteiger partial charge in [0.1, 0.15) is 11.5 Å². The molecule has 28 heavy (non-hydrogen) atoms. The fourth-order valence-electron chi connectivity index (χ4n) is 3.68. The van der Waals surface area contributed by atoms with Crippen LogP contribution in [0, 0.1) is 11.7 Å². The number of aromatic nitrogens is 2. The quantitative estimate of drug-likeness (QED) is 0.809. The van der Waals surface area contributed by atoms with Gasteiger partial charge in [-0.2, -0.15) is 5.10 Å². The Hall–Kier alpha value is -2.54. The van der Waals surface area contributed by atoms with Gasteiger partial charge in [0.2, 0.25) is 0 Å². The van der Waals surface area contributed by atoms with Crippen molar-refractivity contribution in [2.24, 2.45) is 13.0 Å². The molecular weight excluding hydrogens is 359 g/mol. The molecule has 1 aliphatic rings. The van der Waals surface area contributed by atoms with Crippen LogP contribution in [0.4, 0.5) is 4.39 Å². The molecule has 0 spiro atoms. The number of benzene rings is 1. The number of carbonyl (C=O) groups excluding carboxylic acids is 1. The van der Waals surface area contributed by atoms with E-state index >= 15 is 0 Å². The van der Waals surface area contributed by atoms with Crippen molar-refractivity contribution in [3.63, 3.8) is 0 Å². The van der Waals surface area contributed by atoms with E-state index in [-0.39, 0.29) is 29.0 Å². The Balaban J connectivity index is 1.77. The van der Waals surface area contributed by atoms with Gasteiger partial charge in [-0.15, -0.1) is 0 Å². The van der Waals surface area contributed by atoms with E-state index in [1.165, 1.54) is 28.9 Å². The van der Waals surface area contributed by atoms with Crippen LogP contribution in [0.15, 0.2) is 41.2 Å².